The van der Waals surface area contributed by atoms with Gasteiger partial charge < -0.3 is 10.6 Å². The molecule has 0 radical (unpaired) electrons. The van der Waals surface area contributed by atoms with Crippen LogP contribution in [0.3, 0.4) is 0 Å². The summed E-state index contributed by atoms with van der Waals surface area (Å²) < 4.78 is 0.936. The summed E-state index contributed by atoms with van der Waals surface area (Å²) >= 11 is 3.36. The van der Waals surface area contributed by atoms with Crippen molar-refractivity contribution in [1.82, 2.24) is 10.3 Å². The number of carbonyl (C=O) groups is 1. The Morgan fingerprint density at radius 2 is 2.19 bits per heavy atom. The van der Waals surface area contributed by atoms with E-state index in [1.54, 1.807) is 6.07 Å². The van der Waals surface area contributed by atoms with Crippen molar-refractivity contribution in [3.05, 3.63) is 22.3 Å². The number of halogens is 1. The largest absolute Gasteiger partial charge is 0.310 e. The van der Waals surface area contributed by atoms with Gasteiger partial charge in [0.1, 0.15) is 5.82 Å². The number of amides is 1. The highest BCUT2D eigenvalue weighted by atomic mass is 79.9. The van der Waals surface area contributed by atoms with E-state index in [0.29, 0.717) is 18.4 Å². The van der Waals surface area contributed by atoms with E-state index < -0.39 is 0 Å². The molecule has 0 bridgehead atoms. The van der Waals surface area contributed by atoms with Crippen LogP contribution in [0.5, 0.6) is 0 Å². The van der Waals surface area contributed by atoms with Crippen molar-refractivity contribution in [2.75, 3.05) is 11.9 Å². The predicted octanol–water partition coefficient (Wildman–Crippen LogP) is 2.09. The quantitative estimate of drug-likeness (QED) is 0.891. The molecule has 2 N–H and O–H groups in total. The Hall–Kier alpha value is -0.940. The number of rotatable bonds is 4. The summed E-state index contributed by atoms with van der Waals surface area (Å²) in [6.45, 7) is 6.17. The molecule has 0 aliphatic rings. The van der Waals surface area contributed by atoms with Crippen LogP contribution in [0.25, 0.3) is 0 Å². The van der Waals surface area contributed by atoms with E-state index in [0.717, 1.165) is 10.2 Å². The standard InChI is InChI=1S/C11H16BrN3O/c1-7(2)13-6-11(16)15-10-5-4-9(12)8(3)14-10/h4-5,7,13H,6H2,1-3H3,(H,14,15,16). The topological polar surface area (TPSA) is 54.0 Å². The number of carbonyl (C=O) groups excluding carboxylic acids is 1. The van der Waals surface area contributed by atoms with Crippen molar-refractivity contribution in [2.45, 2.75) is 26.8 Å². The zero-order valence-electron chi connectivity index (χ0n) is 9.67. The van der Waals surface area contributed by atoms with E-state index in [1.165, 1.54) is 0 Å². The molecule has 0 aromatic carbocycles. The molecule has 1 amide bonds. The Morgan fingerprint density at radius 1 is 1.50 bits per heavy atom. The van der Waals surface area contributed by atoms with Crippen LogP contribution >= 0.6 is 15.9 Å². The van der Waals surface area contributed by atoms with Crippen LogP contribution in [0.2, 0.25) is 0 Å². The number of aryl methyl sites for hydroxylation is 1. The summed E-state index contributed by atoms with van der Waals surface area (Å²) in [4.78, 5) is 15.7. The minimum Gasteiger partial charge on any atom is -0.310 e. The first-order valence-electron chi connectivity index (χ1n) is 5.15. The average Bonchev–Trinajstić information content (AvgIpc) is 2.21. The third-order valence-electron chi connectivity index (χ3n) is 1.96. The van der Waals surface area contributed by atoms with Gasteiger partial charge in [0.25, 0.3) is 0 Å². The molecule has 0 spiro atoms. The molecule has 16 heavy (non-hydrogen) atoms. The number of hydrogen-bond donors (Lipinski definition) is 2. The summed E-state index contributed by atoms with van der Waals surface area (Å²) in [6, 6.07) is 3.93. The molecule has 1 rings (SSSR count). The number of nitrogens with one attached hydrogen (secondary N) is 2. The molecule has 0 saturated carbocycles. The van der Waals surface area contributed by atoms with Crippen LogP contribution in [0.15, 0.2) is 16.6 Å². The van der Waals surface area contributed by atoms with E-state index in [2.05, 4.69) is 31.5 Å². The first-order chi connectivity index (χ1) is 7.49. The SMILES string of the molecule is Cc1nc(NC(=O)CNC(C)C)ccc1Br. The van der Waals surface area contributed by atoms with Crippen LogP contribution in [0.4, 0.5) is 5.82 Å². The van der Waals surface area contributed by atoms with Crippen LogP contribution in [0, 0.1) is 6.92 Å². The van der Waals surface area contributed by atoms with Crippen molar-refractivity contribution in [2.24, 2.45) is 0 Å². The van der Waals surface area contributed by atoms with Crippen molar-refractivity contribution in [1.29, 1.82) is 0 Å². The van der Waals surface area contributed by atoms with Gasteiger partial charge in [-0.15, -0.1) is 0 Å². The van der Waals surface area contributed by atoms with Gasteiger partial charge in [0.2, 0.25) is 5.91 Å². The van der Waals surface area contributed by atoms with Gasteiger partial charge >= 0.3 is 0 Å². The molecular formula is C11H16BrN3O. The third-order valence-corrected chi connectivity index (χ3v) is 2.80. The first-order valence-corrected chi connectivity index (χ1v) is 5.94. The van der Waals surface area contributed by atoms with Gasteiger partial charge in [0.05, 0.1) is 12.2 Å². The van der Waals surface area contributed by atoms with Gasteiger partial charge in [-0.05, 0) is 35.0 Å². The van der Waals surface area contributed by atoms with Gasteiger partial charge in [0.15, 0.2) is 0 Å². The number of nitrogens with zero attached hydrogens (tertiary/aromatic N) is 1. The smallest absolute Gasteiger partial charge is 0.239 e. The third kappa shape index (κ3) is 4.28. The monoisotopic (exact) mass is 285 g/mol. The van der Waals surface area contributed by atoms with E-state index in [1.807, 2.05) is 26.8 Å². The van der Waals surface area contributed by atoms with E-state index in [4.69, 9.17) is 0 Å². The Kier molecular flexibility index (Phi) is 4.89. The molecule has 1 aromatic heterocycles. The molecule has 0 saturated heterocycles. The minimum absolute atomic E-state index is 0.0806. The zero-order chi connectivity index (χ0) is 12.1. The number of anilines is 1. The maximum absolute atomic E-state index is 11.5. The molecule has 0 fully saturated rings. The molecule has 1 aromatic rings. The summed E-state index contributed by atoms with van der Waals surface area (Å²) in [5.74, 6) is 0.499. The summed E-state index contributed by atoms with van der Waals surface area (Å²) in [6.07, 6.45) is 0. The van der Waals surface area contributed by atoms with E-state index in [9.17, 15) is 4.79 Å². The molecular weight excluding hydrogens is 270 g/mol. The maximum Gasteiger partial charge on any atom is 0.239 e. The van der Waals surface area contributed by atoms with Gasteiger partial charge in [-0.25, -0.2) is 4.98 Å². The normalized spacial score (nSPS) is 10.6. The fourth-order valence-corrected chi connectivity index (χ4v) is 1.32. The Labute approximate surface area is 104 Å². The van der Waals surface area contributed by atoms with Crippen molar-refractivity contribution < 1.29 is 4.79 Å². The van der Waals surface area contributed by atoms with Crippen molar-refractivity contribution in [3.8, 4) is 0 Å². The maximum atomic E-state index is 11.5. The highest BCUT2D eigenvalue weighted by Gasteiger charge is 2.05. The minimum atomic E-state index is -0.0806. The van der Waals surface area contributed by atoms with Gasteiger partial charge in [-0.1, -0.05) is 13.8 Å². The van der Waals surface area contributed by atoms with E-state index in [-0.39, 0.29) is 5.91 Å². The fourth-order valence-electron chi connectivity index (χ4n) is 1.10. The Bertz CT molecular complexity index is 379. The molecule has 0 atom stereocenters. The Balaban J connectivity index is 2.53. The van der Waals surface area contributed by atoms with Crippen LogP contribution in [-0.4, -0.2) is 23.5 Å². The van der Waals surface area contributed by atoms with Crippen LogP contribution in [-0.2, 0) is 4.79 Å². The molecule has 0 unspecified atom stereocenters. The highest BCUT2D eigenvalue weighted by Crippen LogP contribution is 2.15. The molecule has 0 aliphatic heterocycles. The second-order valence-corrected chi connectivity index (χ2v) is 4.70. The fraction of sp³-hybridized carbons (Fsp3) is 0.455. The zero-order valence-corrected chi connectivity index (χ0v) is 11.3. The molecule has 5 heteroatoms. The lowest BCUT2D eigenvalue weighted by atomic mass is 10.3. The van der Waals surface area contributed by atoms with Crippen molar-refractivity contribution >= 4 is 27.7 Å². The van der Waals surface area contributed by atoms with E-state index >= 15 is 0 Å². The second kappa shape index (κ2) is 5.96. The summed E-state index contributed by atoms with van der Waals surface area (Å²) in [5.41, 5.74) is 0.856. The lowest BCUT2D eigenvalue weighted by Gasteiger charge is -2.09. The molecule has 4 nitrogen and oxygen atoms in total. The molecule has 1 heterocycles. The lowest BCUT2D eigenvalue weighted by Crippen LogP contribution is -2.32. The molecule has 88 valence electrons. The van der Waals surface area contributed by atoms with Crippen LogP contribution < -0.4 is 10.6 Å². The first kappa shape index (κ1) is 13.1. The second-order valence-electron chi connectivity index (χ2n) is 3.85. The Morgan fingerprint density at radius 3 is 2.75 bits per heavy atom. The summed E-state index contributed by atoms with van der Waals surface area (Å²) in [7, 11) is 0. The summed E-state index contributed by atoms with van der Waals surface area (Å²) in [5, 5.41) is 5.77. The number of aromatic nitrogens is 1. The van der Waals surface area contributed by atoms with Crippen LogP contribution in [0.1, 0.15) is 19.5 Å². The number of pyridine rings is 1. The molecule has 0 aliphatic carbocycles. The highest BCUT2D eigenvalue weighted by molar-refractivity contribution is 9.10. The lowest BCUT2D eigenvalue weighted by molar-refractivity contribution is -0.115. The van der Waals surface area contributed by atoms with Gasteiger partial charge in [-0.2, -0.15) is 0 Å². The van der Waals surface area contributed by atoms with Gasteiger partial charge in [0, 0.05) is 10.5 Å². The van der Waals surface area contributed by atoms with Crippen molar-refractivity contribution in [3.63, 3.8) is 0 Å². The predicted molar refractivity (Wildman–Crippen MR) is 68.4 cm³/mol. The van der Waals surface area contributed by atoms with Gasteiger partial charge in [-0.3, -0.25) is 4.79 Å². The number of hydrogen-bond acceptors (Lipinski definition) is 3. The average molecular weight is 286 g/mol.